The first-order chi connectivity index (χ1) is 9.22. The predicted molar refractivity (Wildman–Crippen MR) is 78.0 cm³/mol. The molecule has 3 heterocycles. The molecule has 1 atom stereocenters. The molecular weight excluding hydrogens is 306 g/mol. The fraction of sp³-hybridized carbons (Fsp3) is 0.538. The van der Waals surface area contributed by atoms with Crippen LogP contribution < -0.4 is 5.32 Å². The number of aromatic nitrogens is 3. The molecule has 2 aromatic heterocycles. The molecule has 0 saturated carbocycles. The van der Waals surface area contributed by atoms with Crippen LogP contribution in [-0.2, 0) is 6.54 Å². The second kappa shape index (κ2) is 5.56. The lowest BCUT2D eigenvalue weighted by atomic mass is 10.1. The second-order valence-corrected chi connectivity index (χ2v) is 5.98. The molecule has 0 bridgehead atoms. The summed E-state index contributed by atoms with van der Waals surface area (Å²) >= 11 is 3.40. The van der Waals surface area contributed by atoms with Crippen LogP contribution >= 0.6 is 15.9 Å². The largest absolute Gasteiger partial charge is 0.307 e. The maximum Gasteiger partial charge on any atom is 0.155 e. The van der Waals surface area contributed by atoms with E-state index in [4.69, 9.17) is 0 Å². The van der Waals surface area contributed by atoms with Crippen LogP contribution in [0.5, 0.6) is 0 Å². The number of likely N-dealkylation sites (N-methyl/N-ethyl adjacent to an activating group) is 1. The number of hydrogen-bond acceptors (Lipinski definition) is 4. The smallest absolute Gasteiger partial charge is 0.155 e. The number of likely N-dealkylation sites (tertiary alicyclic amines) is 1. The fourth-order valence-electron chi connectivity index (χ4n) is 2.63. The molecule has 3 rings (SSSR count). The summed E-state index contributed by atoms with van der Waals surface area (Å²) in [6.07, 6.45) is 8.19. The number of imidazole rings is 1. The minimum absolute atomic E-state index is 0.578. The van der Waals surface area contributed by atoms with Crippen LogP contribution in [0.1, 0.15) is 18.5 Å². The van der Waals surface area contributed by atoms with Gasteiger partial charge in [-0.1, -0.05) is 0 Å². The highest BCUT2D eigenvalue weighted by molar-refractivity contribution is 9.10. The lowest BCUT2D eigenvalue weighted by Gasteiger charge is -2.30. The molecule has 1 N–H and O–H groups in total. The number of halogens is 1. The monoisotopic (exact) mass is 323 g/mol. The van der Waals surface area contributed by atoms with E-state index in [2.05, 4.69) is 47.6 Å². The maximum atomic E-state index is 4.37. The highest BCUT2D eigenvalue weighted by atomic mass is 79.9. The standard InChI is InChI=1S/C13H18BrN5/c1-18-4-2-3-10(8-18)15-5-11-6-17-13-7-16-12(14)9-19(11)13/h6-7,9-10,15H,2-5,8H2,1H3. The normalized spacial score (nSPS) is 21.1. The van der Waals surface area contributed by atoms with Crippen molar-refractivity contribution in [3.8, 4) is 0 Å². The van der Waals surface area contributed by atoms with Crippen LogP contribution in [0.25, 0.3) is 5.65 Å². The molecule has 1 aliphatic heterocycles. The summed E-state index contributed by atoms with van der Waals surface area (Å²) in [6.45, 7) is 3.19. The first kappa shape index (κ1) is 13.0. The van der Waals surface area contributed by atoms with E-state index in [1.807, 2.05) is 12.4 Å². The zero-order valence-electron chi connectivity index (χ0n) is 11.0. The SMILES string of the molecule is CN1CCCC(NCc2cnc3cnc(Br)cn23)C1. The van der Waals surface area contributed by atoms with Gasteiger partial charge in [-0.15, -0.1) is 0 Å². The summed E-state index contributed by atoms with van der Waals surface area (Å²) in [4.78, 5) is 10.9. The Morgan fingerprint density at radius 3 is 3.16 bits per heavy atom. The van der Waals surface area contributed by atoms with Crippen molar-refractivity contribution in [2.45, 2.75) is 25.4 Å². The molecule has 0 aromatic carbocycles. The average molecular weight is 324 g/mol. The van der Waals surface area contributed by atoms with Gasteiger partial charge in [-0.3, -0.25) is 4.40 Å². The van der Waals surface area contributed by atoms with Gasteiger partial charge in [0.25, 0.3) is 0 Å². The van der Waals surface area contributed by atoms with E-state index in [0.29, 0.717) is 6.04 Å². The van der Waals surface area contributed by atoms with Gasteiger partial charge < -0.3 is 10.2 Å². The highest BCUT2D eigenvalue weighted by Gasteiger charge is 2.16. The zero-order valence-corrected chi connectivity index (χ0v) is 12.6. The molecule has 0 amide bonds. The Hall–Kier alpha value is -0.980. The van der Waals surface area contributed by atoms with Crippen molar-refractivity contribution in [3.63, 3.8) is 0 Å². The van der Waals surface area contributed by atoms with Crippen LogP contribution in [0, 0.1) is 0 Å². The first-order valence-electron chi connectivity index (χ1n) is 6.62. The molecule has 19 heavy (non-hydrogen) atoms. The van der Waals surface area contributed by atoms with E-state index in [-0.39, 0.29) is 0 Å². The van der Waals surface area contributed by atoms with Crippen LogP contribution in [0.3, 0.4) is 0 Å². The third-order valence-electron chi connectivity index (χ3n) is 3.64. The summed E-state index contributed by atoms with van der Waals surface area (Å²) in [5, 5.41) is 3.63. The number of hydrogen-bond donors (Lipinski definition) is 1. The molecule has 0 aliphatic carbocycles. The molecule has 0 spiro atoms. The summed E-state index contributed by atoms with van der Waals surface area (Å²) < 4.78 is 2.91. The van der Waals surface area contributed by atoms with Gasteiger partial charge in [0.05, 0.1) is 18.1 Å². The number of piperidine rings is 1. The van der Waals surface area contributed by atoms with E-state index in [9.17, 15) is 0 Å². The third-order valence-corrected chi connectivity index (χ3v) is 4.05. The molecule has 1 aliphatic rings. The molecule has 6 heteroatoms. The van der Waals surface area contributed by atoms with E-state index < -0.39 is 0 Å². The Balaban J connectivity index is 1.69. The van der Waals surface area contributed by atoms with Gasteiger partial charge in [-0.25, -0.2) is 9.97 Å². The van der Waals surface area contributed by atoms with Crippen LogP contribution in [0.2, 0.25) is 0 Å². The average Bonchev–Trinajstić information content (AvgIpc) is 2.79. The number of nitrogens with zero attached hydrogens (tertiary/aromatic N) is 4. The van der Waals surface area contributed by atoms with Crippen molar-refractivity contribution >= 4 is 21.6 Å². The van der Waals surface area contributed by atoms with Crippen molar-refractivity contribution < 1.29 is 0 Å². The van der Waals surface area contributed by atoms with E-state index in [1.165, 1.54) is 25.1 Å². The van der Waals surface area contributed by atoms with Gasteiger partial charge in [0, 0.05) is 25.3 Å². The maximum absolute atomic E-state index is 4.37. The molecule has 1 fully saturated rings. The predicted octanol–water partition coefficient (Wildman–Crippen LogP) is 1.68. The lowest BCUT2D eigenvalue weighted by molar-refractivity contribution is 0.226. The Morgan fingerprint density at radius 2 is 2.32 bits per heavy atom. The first-order valence-corrected chi connectivity index (χ1v) is 7.41. The molecule has 2 aromatic rings. The fourth-order valence-corrected chi connectivity index (χ4v) is 2.94. The third kappa shape index (κ3) is 2.96. The Morgan fingerprint density at radius 1 is 1.42 bits per heavy atom. The molecular formula is C13H18BrN5. The topological polar surface area (TPSA) is 45.5 Å². The van der Waals surface area contributed by atoms with E-state index >= 15 is 0 Å². The van der Waals surface area contributed by atoms with Crippen molar-refractivity contribution in [2.75, 3.05) is 20.1 Å². The Bertz CT molecular complexity index is 567. The Labute approximate surface area is 121 Å². The zero-order chi connectivity index (χ0) is 13.2. The van der Waals surface area contributed by atoms with Crippen molar-refractivity contribution in [1.82, 2.24) is 24.6 Å². The minimum atomic E-state index is 0.578. The summed E-state index contributed by atoms with van der Waals surface area (Å²) in [5.41, 5.74) is 2.06. The minimum Gasteiger partial charge on any atom is -0.307 e. The van der Waals surface area contributed by atoms with Crippen molar-refractivity contribution in [1.29, 1.82) is 0 Å². The molecule has 1 saturated heterocycles. The van der Waals surface area contributed by atoms with Crippen LogP contribution in [0.4, 0.5) is 0 Å². The van der Waals surface area contributed by atoms with Gasteiger partial charge in [0.1, 0.15) is 4.60 Å². The van der Waals surface area contributed by atoms with Crippen molar-refractivity contribution in [2.24, 2.45) is 0 Å². The van der Waals surface area contributed by atoms with Crippen molar-refractivity contribution in [3.05, 3.63) is 28.9 Å². The lowest BCUT2D eigenvalue weighted by Crippen LogP contribution is -2.43. The van der Waals surface area contributed by atoms with Crippen LogP contribution in [0.15, 0.2) is 23.2 Å². The Kier molecular flexibility index (Phi) is 3.81. The van der Waals surface area contributed by atoms with Gasteiger partial charge in [-0.05, 0) is 42.4 Å². The van der Waals surface area contributed by atoms with Gasteiger partial charge >= 0.3 is 0 Å². The highest BCUT2D eigenvalue weighted by Crippen LogP contribution is 2.12. The number of rotatable bonds is 3. The van der Waals surface area contributed by atoms with E-state index in [1.54, 1.807) is 6.20 Å². The molecule has 102 valence electrons. The van der Waals surface area contributed by atoms with Gasteiger partial charge in [0.2, 0.25) is 0 Å². The van der Waals surface area contributed by atoms with E-state index in [0.717, 1.165) is 23.3 Å². The quantitative estimate of drug-likeness (QED) is 0.933. The van der Waals surface area contributed by atoms with Gasteiger partial charge in [0.15, 0.2) is 5.65 Å². The number of fused-ring (bicyclic) bond motifs is 1. The molecule has 0 radical (unpaired) electrons. The second-order valence-electron chi connectivity index (χ2n) is 5.17. The molecule has 5 nitrogen and oxygen atoms in total. The molecule has 1 unspecified atom stereocenters. The van der Waals surface area contributed by atoms with Crippen LogP contribution in [-0.4, -0.2) is 45.4 Å². The summed E-state index contributed by atoms with van der Waals surface area (Å²) in [7, 11) is 2.19. The number of nitrogens with one attached hydrogen (secondary N) is 1. The summed E-state index contributed by atoms with van der Waals surface area (Å²) in [6, 6.07) is 0.578. The summed E-state index contributed by atoms with van der Waals surface area (Å²) in [5.74, 6) is 0. The van der Waals surface area contributed by atoms with Gasteiger partial charge in [-0.2, -0.15) is 0 Å².